The van der Waals surface area contributed by atoms with Crippen LogP contribution < -0.4 is 20.5 Å². The van der Waals surface area contributed by atoms with Gasteiger partial charge in [0, 0.05) is 30.1 Å². The summed E-state index contributed by atoms with van der Waals surface area (Å²) in [4.78, 5) is 12.1. The van der Waals surface area contributed by atoms with Crippen LogP contribution in [0.3, 0.4) is 0 Å². The van der Waals surface area contributed by atoms with Crippen molar-refractivity contribution in [1.29, 1.82) is 0 Å². The van der Waals surface area contributed by atoms with Crippen molar-refractivity contribution in [3.63, 3.8) is 0 Å². The van der Waals surface area contributed by atoms with Crippen LogP contribution in [0.4, 0.5) is 0 Å². The molecular formula is C15H23ClN2O3. The van der Waals surface area contributed by atoms with Gasteiger partial charge in [0.05, 0.1) is 14.2 Å². The number of benzene rings is 1. The molecule has 1 aliphatic carbocycles. The lowest BCUT2D eigenvalue weighted by atomic mass is 10.1. The smallest absolute Gasteiger partial charge is 0.223 e. The number of nitrogens with one attached hydrogen (secondary N) is 1. The van der Waals surface area contributed by atoms with E-state index in [0.29, 0.717) is 12.3 Å². The number of rotatable bonds is 5. The van der Waals surface area contributed by atoms with E-state index in [2.05, 4.69) is 5.32 Å². The molecule has 0 aromatic heterocycles. The first-order valence-electron chi connectivity index (χ1n) is 6.88. The summed E-state index contributed by atoms with van der Waals surface area (Å²) in [5.74, 6) is 1.58. The highest BCUT2D eigenvalue weighted by Gasteiger charge is 2.27. The van der Waals surface area contributed by atoms with Gasteiger partial charge in [0.1, 0.15) is 11.5 Å². The number of nitrogens with two attached hydrogens (primary N) is 1. The molecule has 0 saturated heterocycles. The van der Waals surface area contributed by atoms with E-state index in [4.69, 9.17) is 15.2 Å². The largest absolute Gasteiger partial charge is 0.497 e. The van der Waals surface area contributed by atoms with Crippen molar-refractivity contribution in [1.82, 2.24) is 5.32 Å². The highest BCUT2D eigenvalue weighted by molar-refractivity contribution is 5.85. The molecule has 2 rings (SSSR count). The average Bonchev–Trinajstić information content (AvgIpc) is 2.91. The Hall–Kier alpha value is -1.46. The molecule has 2 unspecified atom stereocenters. The Bertz CT molecular complexity index is 482. The molecular weight excluding hydrogens is 292 g/mol. The van der Waals surface area contributed by atoms with Crippen LogP contribution in [0.5, 0.6) is 11.5 Å². The second-order valence-corrected chi connectivity index (χ2v) is 5.17. The highest BCUT2D eigenvalue weighted by Crippen LogP contribution is 2.26. The molecule has 0 bridgehead atoms. The number of hydrogen-bond donors (Lipinski definition) is 2. The first-order valence-corrected chi connectivity index (χ1v) is 6.88. The third-order valence-electron chi connectivity index (χ3n) is 3.79. The molecule has 0 aliphatic heterocycles. The molecule has 1 aromatic carbocycles. The Morgan fingerprint density at radius 1 is 1.33 bits per heavy atom. The third kappa shape index (κ3) is 4.51. The minimum absolute atomic E-state index is 0. The van der Waals surface area contributed by atoms with Crippen LogP contribution in [-0.2, 0) is 11.3 Å². The molecule has 5 nitrogen and oxygen atoms in total. The zero-order chi connectivity index (χ0) is 14.5. The Morgan fingerprint density at radius 2 is 2.10 bits per heavy atom. The maximum absolute atomic E-state index is 12.1. The van der Waals surface area contributed by atoms with Crippen molar-refractivity contribution in [3.05, 3.63) is 23.8 Å². The van der Waals surface area contributed by atoms with Crippen LogP contribution in [0.25, 0.3) is 0 Å². The maximum Gasteiger partial charge on any atom is 0.223 e. The van der Waals surface area contributed by atoms with E-state index >= 15 is 0 Å². The molecule has 118 valence electrons. The summed E-state index contributed by atoms with van der Waals surface area (Å²) < 4.78 is 10.5. The minimum atomic E-state index is 0. The normalized spacial score (nSPS) is 20.5. The maximum atomic E-state index is 12.1. The summed E-state index contributed by atoms with van der Waals surface area (Å²) >= 11 is 0. The summed E-state index contributed by atoms with van der Waals surface area (Å²) in [6, 6.07) is 5.74. The Labute approximate surface area is 131 Å². The van der Waals surface area contributed by atoms with E-state index in [-0.39, 0.29) is 30.3 Å². The molecule has 21 heavy (non-hydrogen) atoms. The number of carbonyl (C=O) groups excluding carboxylic acids is 1. The van der Waals surface area contributed by atoms with E-state index in [0.717, 1.165) is 30.6 Å². The van der Waals surface area contributed by atoms with E-state index < -0.39 is 0 Å². The SMILES string of the molecule is COc1ccc(CNC(=O)C2CCC(N)C2)c(OC)c1.Cl. The molecule has 6 heteroatoms. The lowest BCUT2D eigenvalue weighted by Crippen LogP contribution is -2.30. The molecule has 0 heterocycles. The van der Waals surface area contributed by atoms with E-state index in [9.17, 15) is 4.79 Å². The second kappa shape index (κ2) is 8.10. The topological polar surface area (TPSA) is 73.6 Å². The summed E-state index contributed by atoms with van der Waals surface area (Å²) in [6.07, 6.45) is 2.60. The van der Waals surface area contributed by atoms with Gasteiger partial charge in [-0.05, 0) is 31.4 Å². The monoisotopic (exact) mass is 314 g/mol. The van der Waals surface area contributed by atoms with Gasteiger partial charge in [0.25, 0.3) is 0 Å². The van der Waals surface area contributed by atoms with Crippen molar-refractivity contribution in [3.8, 4) is 11.5 Å². The molecule has 0 spiro atoms. The van der Waals surface area contributed by atoms with Gasteiger partial charge in [-0.15, -0.1) is 12.4 Å². The molecule has 1 fully saturated rings. The van der Waals surface area contributed by atoms with Gasteiger partial charge in [0.15, 0.2) is 0 Å². The lowest BCUT2D eigenvalue weighted by Gasteiger charge is -2.13. The Morgan fingerprint density at radius 3 is 2.67 bits per heavy atom. The van der Waals surface area contributed by atoms with Gasteiger partial charge in [-0.2, -0.15) is 0 Å². The van der Waals surface area contributed by atoms with Crippen LogP contribution >= 0.6 is 12.4 Å². The number of hydrogen-bond acceptors (Lipinski definition) is 4. The zero-order valence-electron chi connectivity index (χ0n) is 12.4. The number of halogens is 1. The van der Waals surface area contributed by atoms with E-state index in [1.54, 1.807) is 14.2 Å². The minimum Gasteiger partial charge on any atom is -0.497 e. The van der Waals surface area contributed by atoms with Gasteiger partial charge in [-0.3, -0.25) is 4.79 Å². The van der Waals surface area contributed by atoms with Crippen LogP contribution in [0.2, 0.25) is 0 Å². The molecule has 1 aliphatic rings. The third-order valence-corrected chi connectivity index (χ3v) is 3.79. The van der Waals surface area contributed by atoms with E-state index in [1.807, 2.05) is 18.2 Å². The summed E-state index contributed by atoms with van der Waals surface area (Å²) in [7, 11) is 3.22. The number of ether oxygens (including phenoxy) is 2. The fraction of sp³-hybridized carbons (Fsp3) is 0.533. The predicted molar refractivity (Wildman–Crippen MR) is 84.0 cm³/mol. The Balaban J connectivity index is 0.00000220. The van der Waals surface area contributed by atoms with Crippen LogP contribution in [-0.4, -0.2) is 26.2 Å². The molecule has 2 atom stereocenters. The predicted octanol–water partition coefficient (Wildman–Crippen LogP) is 1.87. The standard InChI is InChI=1S/C15H22N2O3.ClH/c1-19-13-6-4-11(14(8-13)20-2)9-17-15(18)10-3-5-12(16)7-10;/h4,6,8,10,12H,3,5,7,9,16H2,1-2H3,(H,17,18);1H. The van der Waals surface area contributed by atoms with Crippen molar-refractivity contribution in [2.45, 2.75) is 31.8 Å². The Kier molecular flexibility index (Phi) is 6.78. The lowest BCUT2D eigenvalue weighted by molar-refractivity contribution is -0.125. The van der Waals surface area contributed by atoms with Crippen molar-refractivity contribution in [2.24, 2.45) is 11.7 Å². The van der Waals surface area contributed by atoms with E-state index in [1.165, 1.54) is 0 Å². The number of amides is 1. The fourth-order valence-corrected chi connectivity index (χ4v) is 2.58. The van der Waals surface area contributed by atoms with Crippen molar-refractivity contribution < 1.29 is 14.3 Å². The summed E-state index contributed by atoms with van der Waals surface area (Å²) in [6.45, 7) is 0.456. The molecule has 3 N–H and O–H groups in total. The van der Waals surface area contributed by atoms with Gasteiger partial charge in [-0.1, -0.05) is 0 Å². The molecule has 1 amide bonds. The summed E-state index contributed by atoms with van der Waals surface area (Å²) in [5.41, 5.74) is 6.77. The van der Waals surface area contributed by atoms with Crippen molar-refractivity contribution >= 4 is 18.3 Å². The highest BCUT2D eigenvalue weighted by atomic mass is 35.5. The average molecular weight is 315 g/mol. The first-order chi connectivity index (χ1) is 9.63. The van der Waals surface area contributed by atoms with Crippen LogP contribution in [0.15, 0.2) is 18.2 Å². The molecule has 1 aromatic rings. The molecule has 1 saturated carbocycles. The molecule has 0 radical (unpaired) electrons. The number of methoxy groups -OCH3 is 2. The van der Waals surface area contributed by atoms with Gasteiger partial charge < -0.3 is 20.5 Å². The summed E-state index contributed by atoms with van der Waals surface area (Å²) in [5, 5.41) is 2.96. The van der Waals surface area contributed by atoms with Crippen molar-refractivity contribution in [2.75, 3.05) is 14.2 Å². The second-order valence-electron chi connectivity index (χ2n) is 5.17. The first kappa shape index (κ1) is 17.6. The van der Waals surface area contributed by atoms with Gasteiger partial charge in [0.2, 0.25) is 5.91 Å². The van der Waals surface area contributed by atoms with Crippen LogP contribution in [0.1, 0.15) is 24.8 Å². The zero-order valence-corrected chi connectivity index (χ0v) is 13.2. The van der Waals surface area contributed by atoms with Gasteiger partial charge in [-0.25, -0.2) is 0 Å². The van der Waals surface area contributed by atoms with Crippen LogP contribution in [0, 0.1) is 5.92 Å². The number of carbonyl (C=O) groups is 1. The quantitative estimate of drug-likeness (QED) is 0.870. The fourth-order valence-electron chi connectivity index (χ4n) is 2.58. The van der Waals surface area contributed by atoms with Gasteiger partial charge >= 0.3 is 0 Å².